The molecule has 0 aliphatic carbocycles. The van der Waals surface area contributed by atoms with Gasteiger partial charge in [-0.25, -0.2) is 14.8 Å². The van der Waals surface area contributed by atoms with E-state index in [2.05, 4.69) is 10.3 Å². The van der Waals surface area contributed by atoms with Crippen molar-refractivity contribution in [1.82, 2.24) is 25.1 Å². The molecular weight excluding hydrogens is 799 g/mol. The van der Waals surface area contributed by atoms with Crippen molar-refractivity contribution in [2.45, 2.75) is 86.3 Å². The summed E-state index contributed by atoms with van der Waals surface area (Å²) in [6, 6.07) is 9.40. The Hall–Kier alpha value is -4.64. The number of carbonyl (C=O) groups excluding carboxylic acids is 5. The molecule has 0 spiro atoms. The first-order valence-electron chi connectivity index (χ1n) is 20.3. The predicted molar refractivity (Wildman–Crippen MR) is 221 cm³/mol. The van der Waals surface area contributed by atoms with Gasteiger partial charge >= 0.3 is 25.6 Å². The summed E-state index contributed by atoms with van der Waals surface area (Å²) in [4.78, 5) is 80.6. The molecule has 2 unspecified atom stereocenters. The van der Waals surface area contributed by atoms with Crippen molar-refractivity contribution in [2.24, 2.45) is 10.8 Å². The Bertz CT molecular complexity index is 1790. The number of anilines is 1. The average Bonchev–Trinajstić information content (AvgIpc) is 3.71. The van der Waals surface area contributed by atoms with Crippen molar-refractivity contribution in [3.8, 4) is 11.4 Å². The molecule has 1 aromatic heterocycles. The van der Waals surface area contributed by atoms with E-state index in [0.29, 0.717) is 36.9 Å². The molecule has 0 radical (unpaired) electrons. The molecule has 4 rings (SSSR count). The highest BCUT2D eigenvalue weighted by Crippen LogP contribution is 2.49. The van der Waals surface area contributed by atoms with Crippen LogP contribution in [-0.4, -0.2) is 134 Å². The third kappa shape index (κ3) is 14.2. The smallest absolute Gasteiger partial charge is 0.409 e. The van der Waals surface area contributed by atoms with Gasteiger partial charge in [-0.15, -0.1) is 0 Å². The van der Waals surface area contributed by atoms with Gasteiger partial charge in [-0.2, -0.15) is 0 Å². The molecule has 1 N–H and O–H groups in total. The summed E-state index contributed by atoms with van der Waals surface area (Å²) >= 11 is 0. The van der Waals surface area contributed by atoms with Crippen LogP contribution < -0.4 is 10.2 Å². The van der Waals surface area contributed by atoms with Gasteiger partial charge in [-0.3, -0.25) is 32.8 Å². The quantitative estimate of drug-likeness (QED) is 0.0668. The van der Waals surface area contributed by atoms with Crippen LogP contribution in [0.25, 0.3) is 11.4 Å². The van der Waals surface area contributed by atoms with Gasteiger partial charge < -0.3 is 39.0 Å². The Balaban J connectivity index is 1.62. The zero-order valence-electron chi connectivity index (χ0n) is 36.1. The third-order valence-corrected chi connectivity index (χ3v) is 11.6. The molecule has 332 valence electrons. The zero-order chi connectivity index (χ0) is 44.1. The van der Waals surface area contributed by atoms with Crippen molar-refractivity contribution < 1.29 is 56.5 Å². The van der Waals surface area contributed by atoms with Gasteiger partial charge in [0, 0.05) is 58.0 Å². The lowest BCUT2D eigenvalue weighted by Crippen LogP contribution is -2.56. The maximum absolute atomic E-state index is 14.3. The summed E-state index contributed by atoms with van der Waals surface area (Å²) in [7, 11) is -2.65. The molecule has 2 atom stereocenters. The number of esters is 2. The fourth-order valence-electron chi connectivity index (χ4n) is 5.98. The first-order valence-corrected chi connectivity index (χ1v) is 22.0. The van der Waals surface area contributed by atoms with E-state index in [0.717, 1.165) is 19.3 Å². The van der Waals surface area contributed by atoms with Crippen LogP contribution in [0.4, 0.5) is 10.6 Å². The molecule has 2 fully saturated rings. The van der Waals surface area contributed by atoms with Crippen LogP contribution in [0.5, 0.6) is 0 Å². The fourth-order valence-corrected chi connectivity index (χ4v) is 7.31. The molecule has 3 amide bonds. The number of benzene rings is 1. The number of nitrogens with zero attached hydrogens (tertiary/aromatic N) is 5. The fraction of sp³-hybridized carbons (Fsp3) is 0.634. The highest BCUT2D eigenvalue weighted by Gasteiger charge is 2.36. The van der Waals surface area contributed by atoms with E-state index in [9.17, 15) is 28.5 Å². The van der Waals surface area contributed by atoms with E-state index in [4.69, 9.17) is 33.0 Å². The van der Waals surface area contributed by atoms with Crippen molar-refractivity contribution in [2.75, 3.05) is 77.6 Å². The number of carbonyl (C=O) groups is 5. The van der Waals surface area contributed by atoms with Gasteiger partial charge in [-0.1, -0.05) is 43.7 Å². The minimum atomic E-state index is -4.29. The van der Waals surface area contributed by atoms with Crippen LogP contribution in [0.15, 0.2) is 36.4 Å². The number of piperazine rings is 1. The largest absolute Gasteiger partial charge is 0.449 e. The van der Waals surface area contributed by atoms with Gasteiger partial charge in [0.15, 0.2) is 5.82 Å². The summed E-state index contributed by atoms with van der Waals surface area (Å²) in [5, 5.41) is 2.80. The predicted octanol–water partition coefficient (Wildman–Crippen LogP) is 5.26. The second kappa shape index (κ2) is 21.7. The molecule has 60 heavy (non-hydrogen) atoms. The van der Waals surface area contributed by atoms with Gasteiger partial charge in [0.05, 0.1) is 29.7 Å². The Morgan fingerprint density at radius 3 is 2.00 bits per heavy atom. The molecule has 2 aliphatic rings. The number of nitrogens with one attached hydrogen (secondary N) is 1. The molecule has 2 aromatic rings. The van der Waals surface area contributed by atoms with E-state index in [1.54, 1.807) is 54.7 Å². The van der Waals surface area contributed by atoms with Crippen molar-refractivity contribution in [1.29, 1.82) is 0 Å². The standard InChI is InChI=1S/C41H61N6O12P/c1-9-10-23-55-39(52)46-21-19-45(20-22-46)36(49)31(17-24-60(53,58-27-56-37(50)40(2,3)4)59-28-57-38(51)41(5,6)7)43-35(48)32-25-33(47-18-16-30(26-47)54-8)44-34(42-32)29-14-12-11-13-15-29/h11-15,25,30-31H,9-10,16-24,26-28H2,1-8H3,(H,43,48). The molecule has 18 nitrogen and oxygen atoms in total. The van der Waals surface area contributed by atoms with Crippen molar-refractivity contribution in [3.05, 3.63) is 42.1 Å². The number of ether oxygens (including phenoxy) is 4. The molecule has 2 saturated heterocycles. The number of methoxy groups -OCH3 is 1. The van der Waals surface area contributed by atoms with Crippen molar-refractivity contribution >= 4 is 43.3 Å². The summed E-state index contributed by atoms with van der Waals surface area (Å²) in [6.45, 7) is 12.4. The van der Waals surface area contributed by atoms with Crippen LogP contribution in [0.1, 0.15) is 84.6 Å². The molecule has 1 aromatic carbocycles. The van der Waals surface area contributed by atoms with E-state index in [1.807, 2.05) is 42.2 Å². The molecule has 19 heteroatoms. The lowest BCUT2D eigenvalue weighted by atomic mass is 9.98. The lowest BCUT2D eigenvalue weighted by Gasteiger charge is -2.36. The average molecular weight is 861 g/mol. The zero-order valence-corrected chi connectivity index (χ0v) is 37.0. The third-order valence-electron chi connectivity index (χ3n) is 9.75. The summed E-state index contributed by atoms with van der Waals surface area (Å²) < 4.78 is 46.6. The lowest BCUT2D eigenvalue weighted by molar-refractivity contribution is -0.162. The molecule has 0 saturated carbocycles. The van der Waals surface area contributed by atoms with Gasteiger partial charge in [0.25, 0.3) is 5.91 Å². The molecule has 2 aliphatic heterocycles. The number of amides is 3. The minimum absolute atomic E-state index is 0.0176. The summed E-state index contributed by atoms with van der Waals surface area (Å²) in [5.41, 5.74) is -1.13. The van der Waals surface area contributed by atoms with Crippen molar-refractivity contribution in [3.63, 3.8) is 0 Å². The van der Waals surface area contributed by atoms with Crippen LogP contribution in [0, 0.1) is 10.8 Å². The van der Waals surface area contributed by atoms with Gasteiger partial charge in [0.2, 0.25) is 19.5 Å². The maximum atomic E-state index is 14.3. The monoisotopic (exact) mass is 860 g/mol. The normalized spacial score (nSPS) is 16.6. The molecule has 0 bridgehead atoms. The highest BCUT2D eigenvalue weighted by molar-refractivity contribution is 7.53. The Labute approximate surface area is 352 Å². The van der Waals surface area contributed by atoms with Gasteiger partial charge in [-0.05, 0) is 60.8 Å². The number of rotatable bonds is 18. The number of hydrogen-bond donors (Lipinski definition) is 1. The van der Waals surface area contributed by atoms with E-state index in [1.165, 1.54) is 9.80 Å². The van der Waals surface area contributed by atoms with E-state index in [-0.39, 0.29) is 44.4 Å². The molecular formula is C41H61N6O12P. The topological polar surface area (TPSA) is 205 Å². The summed E-state index contributed by atoms with van der Waals surface area (Å²) in [5.74, 6) is -1.69. The summed E-state index contributed by atoms with van der Waals surface area (Å²) in [6.07, 6.45) is 1.11. The number of aromatic nitrogens is 2. The number of unbranched alkanes of at least 4 members (excludes halogenated alkanes) is 1. The SMILES string of the molecule is CCCCOC(=O)N1CCN(C(=O)C(CCP(=O)(OCOC(=O)C(C)(C)C)OCOC(=O)C(C)(C)C)NC(=O)c2cc(N3CCC(OC)C3)nc(-c3ccccc3)n2)CC1. The minimum Gasteiger partial charge on any atom is -0.449 e. The van der Waals surface area contributed by atoms with Crippen LogP contribution in [-0.2, 0) is 46.9 Å². The Kier molecular flexibility index (Phi) is 17.4. The van der Waals surface area contributed by atoms with E-state index < -0.39 is 74.1 Å². The Morgan fingerprint density at radius 2 is 1.45 bits per heavy atom. The first kappa shape index (κ1) is 48.0. The van der Waals surface area contributed by atoms with Crippen LogP contribution >= 0.6 is 7.60 Å². The van der Waals surface area contributed by atoms with Crippen LogP contribution in [0.3, 0.4) is 0 Å². The second-order valence-electron chi connectivity index (χ2n) is 16.7. The van der Waals surface area contributed by atoms with Gasteiger partial charge in [0.1, 0.15) is 17.6 Å². The highest BCUT2D eigenvalue weighted by atomic mass is 31.2. The second-order valence-corrected chi connectivity index (χ2v) is 18.9. The maximum Gasteiger partial charge on any atom is 0.409 e. The van der Waals surface area contributed by atoms with E-state index >= 15 is 0 Å². The van der Waals surface area contributed by atoms with Crippen LogP contribution in [0.2, 0.25) is 0 Å². The Morgan fingerprint density at radius 1 is 0.850 bits per heavy atom. The molecule has 3 heterocycles. The number of hydrogen-bond acceptors (Lipinski definition) is 15. The first-order chi connectivity index (χ1) is 28.3.